The normalized spacial score (nSPS) is 10.1. The highest BCUT2D eigenvalue weighted by Crippen LogP contribution is 2.29. The molecular formula is C17H11ClN2O2S. The van der Waals surface area contributed by atoms with Crippen molar-refractivity contribution >= 4 is 29.1 Å². The average molecular weight is 343 g/mol. The largest absolute Gasteiger partial charge is 0.417 e. The Bertz CT molecular complexity index is 813. The number of para-hydroxylation sites is 1. The number of rotatable bonds is 3. The van der Waals surface area contributed by atoms with Crippen LogP contribution in [0.2, 0.25) is 5.15 Å². The molecule has 3 rings (SSSR count). The van der Waals surface area contributed by atoms with E-state index in [0.29, 0.717) is 17.2 Å². The van der Waals surface area contributed by atoms with E-state index in [1.54, 1.807) is 18.2 Å². The summed E-state index contributed by atoms with van der Waals surface area (Å²) in [4.78, 5) is 0. The molecule has 0 fully saturated rings. The van der Waals surface area contributed by atoms with E-state index in [0.717, 1.165) is 5.56 Å². The first-order valence-corrected chi connectivity index (χ1v) is 7.54. The SMILES string of the molecule is S=C(Oc1ccccc1)Oc1cc(Cl)nnc1-c1ccccc1. The molecule has 3 aromatic rings. The van der Waals surface area contributed by atoms with E-state index in [2.05, 4.69) is 10.2 Å². The van der Waals surface area contributed by atoms with Gasteiger partial charge < -0.3 is 9.47 Å². The smallest absolute Gasteiger partial charge is 0.363 e. The summed E-state index contributed by atoms with van der Waals surface area (Å²) in [5.41, 5.74) is 1.38. The van der Waals surface area contributed by atoms with Gasteiger partial charge in [0.05, 0.1) is 0 Å². The van der Waals surface area contributed by atoms with Crippen LogP contribution in [0.1, 0.15) is 0 Å². The summed E-state index contributed by atoms with van der Waals surface area (Å²) in [7, 11) is 0. The quantitative estimate of drug-likeness (QED) is 0.654. The Morgan fingerprint density at radius 2 is 1.52 bits per heavy atom. The molecule has 0 atom stereocenters. The van der Waals surface area contributed by atoms with Gasteiger partial charge in [0.2, 0.25) is 0 Å². The van der Waals surface area contributed by atoms with E-state index < -0.39 is 0 Å². The zero-order chi connectivity index (χ0) is 16.1. The monoisotopic (exact) mass is 342 g/mol. The second-order valence-corrected chi connectivity index (χ2v) is 5.23. The Kier molecular flexibility index (Phi) is 4.80. The van der Waals surface area contributed by atoms with E-state index >= 15 is 0 Å². The van der Waals surface area contributed by atoms with E-state index in [9.17, 15) is 0 Å². The molecule has 0 N–H and O–H groups in total. The molecule has 0 amide bonds. The van der Waals surface area contributed by atoms with Crippen molar-refractivity contribution in [2.75, 3.05) is 0 Å². The van der Waals surface area contributed by atoms with Gasteiger partial charge in [-0.25, -0.2) is 0 Å². The van der Waals surface area contributed by atoms with Gasteiger partial charge in [-0.3, -0.25) is 0 Å². The van der Waals surface area contributed by atoms with E-state index in [1.807, 2.05) is 48.5 Å². The lowest BCUT2D eigenvalue weighted by molar-refractivity contribution is 0.403. The number of thiocarbonyl (C=S) groups is 1. The fourth-order valence-corrected chi connectivity index (χ4v) is 2.24. The van der Waals surface area contributed by atoms with Crippen molar-refractivity contribution in [2.24, 2.45) is 0 Å². The Morgan fingerprint density at radius 1 is 0.870 bits per heavy atom. The molecule has 114 valence electrons. The first-order valence-electron chi connectivity index (χ1n) is 6.76. The number of hydrogen-bond donors (Lipinski definition) is 0. The lowest BCUT2D eigenvalue weighted by atomic mass is 10.1. The van der Waals surface area contributed by atoms with Gasteiger partial charge >= 0.3 is 5.24 Å². The Labute approximate surface area is 143 Å². The molecule has 0 saturated heterocycles. The summed E-state index contributed by atoms with van der Waals surface area (Å²) in [6, 6.07) is 20.2. The molecule has 0 radical (unpaired) electrons. The summed E-state index contributed by atoms with van der Waals surface area (Å²) in [5.74, 6) is 0.976. The lowest BCUT2D eigenvalue weighted by Gasteiger charge is -2.11. The molecule has 0 unspecified atom stereocenters. The fourth-order valence-electron chi connectivity index (χ4n) is 1.92. The first-order chi connectivity index (χ1) is 11.2. The number of halogens is 1. The van der Waals surface area contributed by atoms with Crippen molar-refractivity contribution in [1.82, 2.24) is 10.2 Å². The van der Waals surface area contributed by atoms with Gasteiger partial charge in [0.1, 0.15) is 11.4 Å². The standard InChI is InChI=1S/C17H11ClN2O2S/c18-15-11-14(16(20-19-15)12-7-3-1-4-8-12)22-17(23)21-13-9-5-2-6-10-13/h1-11H. The van der Waals surface area contributed by atoms with Crippen LogP contribution in [-0.4, -0.2) is 15.4 Å². The van der Waals surface area contributed by atoms with Crippen molar-refractivity contribution in [3.63, 3.8) is 0 Å². The summed E-state index contributed by atoms with van der Waals surface area (Å²) in [5, 5.41) is 8.11. The zero-order valence-electron chi connectivity index (χ0n) is 11.8. The van der Waals surface area contributed by atoms with Crippen LogP contribution >= 0.6 is 23.8 Å². The number of nitrogens with zero attached hydrogens (tertiary/aromatic N) is 2. The molecular weight excluding hydrogens is 332 g/mol. The van der Waals surface area contributed by atoms with Crippen LogP contribution in [0.5, 0.6) is 11.5 Å². The molecule has 1 heterocycles. The predicted molar refractivity (Wildman–Crippen MR) is 92.8 cm³/mol. The van der Waals surface area contributed by atoms with Gasteiger partial charge in [-0.05, 0) is 12.1 Å². The number of hydrogen-bond acceptors (Lipinski definition) is 5. The summed E-state index contributed by atoms with van der Waals surface area (Å²) >= 11 is 11.0. The molecule has 1 aromatic heterocycles. The van der Waals surface area contributed by atoms with Crippen LogP contribution in [0.15, 0.2) is 66.7 Å². The van der Waals surface area contributed by atoms with E-state index in [4.69, 9.17) is 33.3 Å². The van der Waals surface area contributed by atoms with Crippen LogP contribution in [0, 0.1) is 0 Å². The molecule has 0 saturated carbocycles. The average Bonchev–Trinajstić information content (AvgIpc) is 2.56. The van der Waals surface area contributed by atoms with Gasteiger partial charge in [0.15, 0.2) is 10.9 Å². The van der Waals surface area contributed by atoms with Gasteiger partial charge in [-0.2, -0.15) is 0 Å². The van der Waals surface area contributed by atoms with Crippen molar-refractivity contribution in [2.45, 2.75) is 0 Å². The van der Waals surface area contributed by atoms with Crippen molar-refractivity contribution in [1.29, 1.82) is 0 Å². The minimum absolute atomic E-state index is 0.0440. The third-order valence-electron chi connectivity index (χ3n) is 2.91. The van der Waals surface area contributed by atoms with Crippen molar-refractivity contribution in [3.8, 4) is 22.8 Å². The maximum atomic E-state index is 5.91. The highest BCUT2D eigenvalue weighted by molar-refractivity contribution is 7.79. The second-order valence-electron chi connectivity index (χ2n) is 4.51. The molecule has 0 aliphatic heterocycles. The third kappa shape index (κ3) is 4.03. The molecule has 0 spiro atoms. The van der Waals surface area contributed by atoms with E-state index in [-0.39, 0.29) is 10.4 Å². The highest BCUT2D eigenvalue weighted by Gasteiger charge is 2.13. The molecule has 2 aromatic carbocycles. The Hall–Kier alpha value is -2.50. The second kappa shape index (κ2) is 7.17. The lowest BCUT2D eigenvalue weighted by Crippen LogP contribution is -2.14. The molecule has 23 heavy (non-hydrogen) atoms. The van der Waals surface area contributed by atoms with Crippen LogP contribution in [0.4, 0.5) is 0 Å². The van der Waals surface area contributed by atoms with Crippen LogP contribution in [0.3, 0.4) is 0 Å². The van der Waals surface area contributed by atoms with E-state index in [1.165, 1.54) is 0 Å². The predicted octanol–water partition coefficient (Wildman–Crippen LogP) is 4.54. The Balaban J connectivity index is 1.85. The Morgan fingerprint density at radius 3 is 2.22 bits per heavy atom. The van der Waals surface area contributed by atoms with Gasteiger partial charge in [0.25, 0.3) is 0 Å². The van der Waals surface area contributed by atoms with Gasteiger partial charge in [0, 0.05) is 23.8 Å². The third-order valence-corrected chi connectivity index (χ3v) is 3.27. The topological polar surface area (TPSA) is 44.2 Å². The molecule has 4 nitrogen and oxygen atoms in total. The van der Waals surface area contributed by atoms with Crippen LogP contribution in [-0.2, 0) is 0 Å². The fraction of sp³-hybridized carbons (Fsp3) is 0. The highest BCUT2D eigenvalue weighted by atomic mass is 35.5. The number of benzene rings is 2. The maximum absolute atomic E-state index is 5.91. The minimum atomic E-state index is -0.0440. The summed E-state index contributed by atoms with van der Waals surface area (Å²) < 4.78 is 11.1. The molecule has 0 aliphatic carbocycles. The summed E-state index contributed by atoms with van der Waals surface area (Å²) in [6.07, 6.45) is 0. The van der Waals surface area contributed by atoms with Crippen LogP contribution < -0.4 is 9.47 Å². The van der Waals surface area contributed by atoms with Crippen molar-refractivity contribution < 1.29 is 9.47 Å². The van der Waals surface area contributed by atoms with Crippen molar-refractivity contribution in [3.05, 3.63) is 71.9 Å². The van der Waals surface area contributed by atoms with Crippen LogP contribution in [0.25, 0.3) is 11.3 Å². The number of aromatic nitrogens is 2. The zero-order valence-corrected chi connectivity index (χ0v) is 13.4. The minimum Gasteiger partial charge on any atom is -0.417 e. The maximum Gasteiger partial charge on any atom is 0.363 e. The number of ether oxygens (including phenoxy) is 2. The first kappa shape index (κ1) is 15.4. The molecule has 0 bridgehead atoms. The van der Waals surface area contributed by atoms with Gasteiger partial charge in [-0.15, -0.1) is 10.2 Å². The van der Waals surface area contributed by atoms with Gasteiger partial charge in [-0.1, -0.05) is 60.1 Å². The summed E-state index contributed by atoms with van der Waals surface area (Å²) in [6.45, 7) is 0. The molecule has 0 aliphatic rings. The molecule has 6 heteroatoms.